The van der Waals surface area contributed by atoms with Gasteiger partial charge < -0.3 is 10.4 Å². The molecular weight excluding hydrogens is 244 g/mol. The molecule has 2 N–H and O–H groups in total. The molecule has 1 unspecified atom stereocenters. The molecule has 0 aromatic carbocycles. The van der Waals surface area contributed by atoms with E-state index in [4.69, 9.17) is 5.11 Å². The van der Waals surface area contributed by atoms with Gasteiger partial charge >= 0.3 is 5.97 Å². The van der Waals surface area contributed by atoms with Gasteiger partial charge in [0.25, 0.3) is 5.91 Å². The van der Waals surface area contributed by atoms with Crippen LogP contribution in [0.25, 0.3) is 6.08 Å². The fourth-order valence-electron chi connectivity index (χ4n) is 1.40. The second kappa shape index (κ2) is 7.31. The van der Waals surface area contributed by atoms with Crippen LogP contribution in [0.1, 0.15) is 36.3 Å². The highest BCUT2D eigenvalue weighted by atomic mass is 16.4. The average molecular weight is 262 g/mol. The molecule has 0 aliphatic carbocycles. The highest BCUT2D eigenvalue weighted by Crippen LogP contribution is 2.08. The van der Waals surface area contributed by atoms with E-state index in [2.05, 4.69) is 17.2 Å². The van der Waals surface area contributed by atoms with Crippen LogP contribution >= 0.6 is 0 Å². The van der Waals surface area contributed by atoms with Crippen LogP contribution < -0.4 is 5.32 Å². The zero-order valence-electron chi connectivity index (χ0n) is 11.1. The Morgan fingerprint density at radius 3 is 2.89 bits per heavy atom. The Kier molecular flexibility index (Phi) is 5.73. The van der Waals surface area contributed by atoms with Crippen LogP contribution in [0, 0.1) is 5.92 Å². The van der Waals surface area contributed by atoms with Crippen LogP contribution in [-0.4, -0.2) is 28.5 Å². The monoisotopic (exact) mass is 262 g/mol. The Bertz CT molecular complexity index is 483. The summed E-state index contributed by atoms with van der Waals surface area (Å²) in [5, 5.41) is 11.4. The van der Waals surface area contributed by atoms with Crippen molar-refractivity contribution in [1.82, 2.24) is 10.3 Å². The van der Waals surface area contributed by atoms with Crippen LogP contribution in [0.2, 0.25) is 0 Å². The minimum atomic E-state index is -1.06. The lowest BCUT2D eigenvalue weighted by Crippen LogP contribution is -2.29. The number of carbonyl (C=O) groups is 2. The number of pyridine rings is 1. The Labute approximate surface area is 112 Å². The molecule has 0 radical (unpaired) electrons. The molecule has 0 saturated heterocycles. The summed E-state index contributed by atoms with van der Waals surface area (Å²) in [6.07, 6.45) is 4.85. The van der Waals surface area contributed by atoms with Crippen molar-refractivity contribution in [2.45, 2.75) is 20.3 Å². The summed E-state index contributed by atoms with van der Waals surface area (Å²) in [6.45, 7) is 4.68. The maximum Gasteiger partial charge on any atom is 0.328 e. The highest BCUT2D eigenvalue weighted by molar-refractivity contribution is 5.97. The van der Waals surface area contributed by atoms with Crippen molar-refractivity contribution >= 4 is 18.0 Å². The number of aromatic nitrogens is 1. The smallest absolute Gasteiger partial charge is 0.328 e. The van der Waals surface area contributed by atoms with Crippen molar-refractivity contribution in [1.29, 1.82) is 0 Å². The van der Waals surface area contributed by atoms with Gasteiger partial charge in [0.2, 0.25) is 0 Å². The number of nitrogens with one attached hydrogen (secondary N) is 1. The quantitative estimate of drug-likeness (QED) is 0.768. The first-order valence-electron chi connectivity index (χ1n) is 6.18. The highest BCUT2D eigenvalue weighted by Gasteiger charge is 2.11. The summed E-state index contributed by atoms with van der Waals surface area (Å²) >= 11 is 0. The molecule has 102 valence electrons. The Balaban J connectivity index is 2.82. The molecule has 1 rings (SSSR count). The minimum Gasteiger partial charge on any atom is -0.478 e. The second-order valence-corrected chi connectivity index (χ2v) is 4.34. The average Bonchev–Trinajstić information content (AvgIpc) is 2.42. The molecule has 0 aliphatic rings. The van der Waals surface area contributed by atoms with Crippen molar-refractivity contribution in [3.05, 3.63) is 35.7 Å². The molecule has 1 atom stereocenters. The van der Waals surface area contributed by atoms with E-state index in [1.807, 2.05) is 6.92 Å². The van der Waals surface area contributed by atoms with Crippen molar-refractivity contribution in [3.63, 3.8) is 0 Å². The van der Waals surface area contributed by atoms with Gasteiger partial charge in [-0.2, -0.15) is 0 Å². The molecule has 0 bridgehead atoms. The first-order valence-corrected chi connectivity index (χ1v) is 6.18. The summed E-state index contributed by atoms with van der Waals surface area (Å²) in [5.41, 5.74) is 0.731. The summed E-state index contributed by atoms with van der Waals surface area (Å²) in [6, 6.07) is 3.32. The summed E-state index contributed by atoms with van der Waals surface area (Å²) in [7, 11) is 0. The van der Waals surface area contributed by atoms with E-state index in [0.29, 0.717) is 18.0 Å². The van der Waals surface area contributed by atoms with E-state index in [1.54, 1.807) is 12.1 Å². The number of hydrogen-bond acceptors (Lipinski definition) is 3. The van der Waals surface area contributed by atoms with Gasteiger partial charge in [-0.25, -0.2) is 4.79 Å². The van der Waals surface area contributed by atoms with Gasteiger partial charge in [0.15, 0.2) is 0 Å². The molecular formula is C14H18N2O3. The summed E-state index contributed by atoms with van der Waals surface area (Å²) in [5.74, 6) is -0.952. The number of carbonyl (C=O) groups excluding carboxylic acids is 1. The van der Waals surface area contributed by atoms with Crippen molar-refractivity contribution in [2.75, 3.05) is 6.54 Å². The lowest BCUT2D eigenvalue weighted by Gasteiger charge is -2.10. The SMILES string of the molecule is CCC(C)CNC(=O)c1ncccc1/C=C/C(=O)O. The standard InChI is InChI=1S/C14H18N2O3/c1-3-10(2)9-16-14(19)13-11(5-4-8-15-13)6-7-12(17)18/h4-8,10H,3,9H2,1-2H3,(H,16,19)(H,17,18)/b7-6+. The molecule has 0 saturated carbocycles. The van der Waals surface area contributed by atoms with E-state index in [0.717, 1.165) is 12.5 Å². The molecule has 0 spiro atoms. The van der Waals surface area contributed by atoms with Gasteiger partial charge in [-0.1, -0.05) is 26.3 Å². The topological polar surface area (TPSA) is 79.3 Å². The van der Waals surface area contributed by atoms with E-state index >= 15 is 0 Å². The third kappa shape index (κ3) is 4.91. The lowest BCUT2D eigenvalue weighted by atomic mass is 10.1. The molecule has 1 amide bonds. The number of hydrogen-bond donors (Lipinski definition) is 2. The van der Waals surface area contributed by atoms with E-state index in [-0.39, 0.29) is 11.6 Å². The normalized spacial score (nSPS) is 12.3. The fourth-order valence-corrected chi connectivity index (χ4v) is 1.40. The summed E-state index contributed by atoms with van der Waals surface area (Å²) in [4.78, 5) is 26.5. The zero-order valence-corrected chi connectivity index (χ0v) is 11.1. The number of nitrogens with zero attached hydrogens (tertiary/aromatic N) is 1. The van der Waals surface area contributed by atoms with Gasteiger partial charge in [-0.15, -0.1) is 0 Å². The van der Waals surface area contributed by atoms with Crippen molar-refractivity contribution in [3.8, 4) is 0 Å². The van der Waals surface area contributed by atoms with Crippen LogP contribution in [0.5, 0.6) is 0 Å². The van der Waals surface area contributed by atoms with E-state index < -0.39 is 5.97 Å². The molecule has 19 heavy (non-hydrogen) atoms. The van der Waals surface area contributed by atoms with Gasteiger partial charge in [0, 0.05) is 24.4 Å². The molecule has 5 nitrogen and oxygen atoms in total. The number of aliphatic carboxylic acids is 1. The third-order valence-electron chi connectivity index (χ3n) is 2.77. The van der Waals surface area contributed by atoms with Gasteiger partial charge in [0.05, 0.1) is 0 Å². The zero-order chi connectivity index (χ0) is 14.3. The first-order chi connectivity index (χ1) is 9.04. The van der Waals surface area contributed by atoms with Gasteiger partial charge in [-0.05, 0) is 18.1 Å². The largest absolute Gasteiger partial charge is 0.478 e. The Hall–Kier alpha value is -2.17. The number of carboxylic acid groups (broad SMARTS) is 1. The van der Waals surface area contributed by atoms with Crippen LogP contribution in [0.15, 0.2) is 24.4 Å². The lowest BCUT2D eigenvalue weighted by molar-refractivity contribution is -0.131. The predicted octanol–water partition coefficient (Wildman–Crippen LogP) is 1.96. The van der Waals surface area contributed by atoms with Crippen LogP contribution in [-0.2, 0) is 4.79 Å². The molecule has 1 aromatic heterocycles. The molecule has 1 heterocycles. The molecule has 0 aliphatic heterocycles. The molecule has 0 fully saturated rings. The Morgan fingerprint density at radius 1 is 1.53 bits per heavy atom. The van der Waals surface area contributed by atoms with Crippen molar-refractivity contribution in [2.24, 2.45) is 5.92 Å². The van der Waals surface area contributed by atoms with Gasteiger partial charge in [0.1, 0.15) is 5.69 Å². The third-order valence-corrected chi connectivity index (χ3v) is 2.77. The maximum absolute atomic E-state index is 12.0. The number of rotatable bonds is 6. The minimum absolute atomic E-state index is 0.239. The van der Waals surface area contributed by atoms with Gasteiger partial charge in [-0.3, -0.25) is 9.78 Å². The predicted molar refractivity (Wildman–Crippen MR) is 72.7 cm³/mol. The maximum atomic E-state index is 12.0. The van der Waals surface area contributed by atoms with E-state index in [9.17, 15) is 9.59 Å². The number of amides is 1. The van der Waals surface area contributed by atoms with Crippen LogP contribution in [0.3, 0.4) is 0 Å². The molecule has 5 heteroatoms. The Morgan fingerprint density at radius 2 is 2.26 bits per heavy atom. The number of carboxylic acids is 1. The van der Waals surface area contributed by atoms with Crippen LogP contribution in [0.4, 0.5) is 0 Å². The van der Waals surface area contributed by atoms with E-state index in [1.165, 1.54) is 12.3 Å². The summed E-state index contributed by atoms with van der Waals surface area (Å²) < 4.78 is 0. The molecule has 1 aromatic rings. The first kappa shape index (κ1) is 14.9. The second-order valence-electron chi connectivity index (χ2n) is 4.34. The fraction of sp³-hybridized carbons (Fsp3) is 0.357. The van der Waals surface area contributed by atoms with Crippen molar-refractivity contribution < 1.29 is 14.7 Å².